The molecule has 2 rings (SSSR count). The first-order chi connectivity index (χ1) is 9.40. The fourth-order valence-corrected chi connectivity index (χ4v) is 3.96. The smallest absolute Gasteiger partial charge is 0.373 e. The van der Waals surface area contributed by atoms with Crippen molar-refractivity contribution in [2.24, 2.45) is 11.7 Å². The van der Waals surface area contributed by atoms with Gasteiger partial charge >= 0.3 is 5.97 Å². The van der Waals surface area contributed by atoms with Crippen LogP contribution in [0.2, 0.25) is 0 Å². The number of hydrogen-bond acceptors (Lipinski definition) is 6. The maximum absolute atomic E-state index is 12.5. The maximum atomic E-state index is 12.5. The van der Waals surface area contributed by atoms with E-state index in [0.29, 0.717) is 19.6 Å². The predicted octanol–water partition coefficient (Wildman–Crippen LogP) is 0.344. The number of rotatable bonds is 4. The van der Waals surface area contributed by atoms with Crippen molar-refractivity contribution in [2.45, 2.75) is 18.2 Å². The largest absolute Gasteiger partial charge is 0.463 e. The third-order valence-corrected chi connectivity index (χ3v) is 5.43. The summed E-state index contributed by atoms with van der Waals surface area (Å²) in [7, 11) is -2.45. The van der Waals surface area contributed by atoms with Crippen LogP contribution in [-0.2, 0) is 14.8 Å². The Bertz CT molecular complexity index is 607. The number of ether oxygens (including phenoxy) is 1. The summed E-state index contributed by atoms with van der Waals surface area (Å²) >= 11 is 0. The van der Waals surface area contributed by atoms with Gasteiger partial charge in [0.1, 0.15) is 10.7 Å². The summed E-state index contributed by atoms with van der Waals surface area (Å²) in [4.78, 5) is 11.4. The lowest BCUT2D eigenvalue weighted by Gasteiger charge is -2.15. The number of aryl methyl sites for hydroxylation is 1. The lowest BCUT2D eigenvalue weighted by atomic mass is 10.1. The summed E-state index contributed by atoms with van der Waals surface area (Å²) < 4.78 is 36.1. The Morgan fingerprint density at radius 3 is 2.85 bits per heavy atom. The zero-order chi connectivity index (χ0) is 14.9. The van der Waals surface area contributed by atoms with Gasteiger partial charge in [0.25, 0.3) is 0 Å². The molecular formula is C12H18N2O5S. The quantitative estimate of drug-likeness (QED) is 0.805. The van der Waals surface area contributed by atoms with Gasteiger partial charge in [0.2, 0.25) is 15.8 Å². The molecule has 20 heavy (non-hydrogen) atoms. The van der Waals surface area contributed by atoms with Crippen molar-refractivity contribution in [1.82, 2.24) is 4.31 Å². The van der Waals surface area contributed by atoms with E-state index in [-0.39, 0.29) is 22.3 Å². The molecule has 1 fully saturated rings. The predicted molar refractivity (Wildman–Crippen MR) is 70.7 cm³/mol. The highest BCUT2D eigenvalue weighted by molar-refractivity contribution is 7.89. The normalized spacial score (nSPS) is 20.2. The molecule has 1 aromatic rings. The van der Waals surface area contributed by atoms with Crippen LogP contribution >= 0.6 is 0 Å². The third-order valence-electron chi connectivity index (χ3n) is 3.46. The van der Waals surface area contributed by atoms with Crippen LogP contribution in [0.3, 0.4) is 0 Å². The molecule has 7 nitrogen and oxygen atoms in total. The summed E-state index contributed by atoms with van der Waals surface area (Å²) in [5, 5.41) is 0. The lowest BCUT2D eigenvalue weighted by molar-refractivity contribution is 0.0563. The second-order valence-electron chi connectivity index (χ2n) is 4.78. The molecule has 0 saturated carbocycles. The van der Waals surface area contributed by atoms with Crippen LogP contribution in [0.1, 0.15) is 22.7 Å². The summed E-state index contributed by atoms with van der Waals surface area (Å²) in [5.41, 5.74) is 5.57. The second-order valence-corrected chi connectivity index (χ2v) is 6.68. The van der Waals surface area contributed by atoms with Gasteiger partial charge in [-0.05, 0) is 25.8 Å². The number of hydrogen-bond donors (Lipinski definition) is 1. The van der Waals surface area contributed by atoms with Gasteiger partial charge in [-0.3, -0.25) is 0 Å². The van der Waals surface area contributed by atoms with Gasteiger partial charge in [-0.15, -0.1) is 0 Å². The standard InChI is InChI=1S/C12H18N2O5S/c1-8-11(5-10(19-8)12(15)18-2)20(16,17)14-4-3-9(6-13)7-14/h5,9H,3-4,6-7,13H2,1-2H3. The molecule has 1 atom stereocenters. The van der Waals surface area contributed by atoms with Crippen molar-refractivity contribution < 1.29 is 22.4 Å². The van der Waals surface area contributed by atoms with E-state index >= 15 is 0 Å². The molecule has 8 heteroatoms. The van der Waals surface area contributed by atoms with Gasteiger partial charge in [0, 0.05) is 19.2 Å². The van der Waals surface area contributed by atoms with E-state index in [1.54, 1.807) is 0 Å². The zero-order valence-electron chi connectivity index (χ0n) is 11.5. The van der Waals surface area contributed by atoms with E-state index in [1.807, 2.05) is 0 Å². The van der Waals surface area contributed by atoms with E-state index < -0.39 is 16.0 Å². The van der Waals surface area contributed by atoms with Crippen molar-refractivity contribution in [3.8, 4) is 0 Å². The van der Waals surface area contributed by atoms with Gasteiger partial charge in [0.05, 0.1) is 7.11 Å². The zero-order valence-corrected chi connectivity index (χ0v) is 12.3. The summed E-state index contributed by atoms with van der Waals surface area (Å²) in [6.07, 6.45) is 0.747. The van der Waals surface area contributed by atoms with Crippen molar-refractivity contribution in [3.63, 3.8) is 0 Å². The van der Waals surface area contributed by atoms with Crippen LogP contribution in [0.4, 0.5) is 0 Å². The number of sulfonamides is 1. The topological polar surface area (TPSA) is 103 Å². The average Bonchev–Trinajstić information content (AvgIpc) is 3.04. The molecule has 1 unspecified atom stereocenters. The van der Waals surface area contributed by atoms with E-state index in [4.69, 9.17) is 10.2 Å². The lowest BCUT2D eigenvalue weighted by Crippen LogP contribution is -2.30. The molecular weight excluding hydrogens is 284 g/mol. The Balaban J connectivity index is 2.31. The highest BCUT2D eigenvalue weighted by Crippen LogP contribution is 2.28. The summed E-state index contributed by atoms with van der Waals surface area (Å²) in [6, 6.07) is 1.21. The highest BCUT2D eigenvalue weighted by Gasteiger charge is 2.35. The fraction of sp³-hybridized carbons (Fsp3) is 0.583. The van der Waals surface area contributed by atoms with Crippen LogP contribution in [0.15, 0.2) is 15.4 Å². The van der Waals surface area contributed by atoms with Gasteiger partial charge in [-0.2, -0.15) is 4.31 Å². The monoisotopic (exact) mass is 302 g/mol. The van der Waals surface area contributed by atoms with Crippen LogP contribution in [0, 0.1) is 12.8 Å². The number of methoxy groups -OCH3 is 1. The minimum Gasteiger partial charge on any atom is -0.463 e. The van der Waals surface area contributed by atoms with Gasteiger partial charge in [-0.25, -0.2) is 13.2 Å². The van der Waals surface area contributed by atoms with E-state index in [0.717, 1.165) is 6.42 Å². The fourth-order valence-electron chi connectivity index (χ4n) is 2.27. The number of carbonyl (C=O) groups is 1. The average molecular weight is 302 g/mol. The van der Waals surface area contributed by atoms with Gasteiger partial charge < -0.3 is 14.9 Å². The first-order valence-corrected chi connectivity index (χ1v) is 7.73. The first kappa shape index (κ1) is 15.0. The number of furan rings is 1. The molecule has 0 aromatic carbocycles. The van der Waals surface area contributed by atoms with Crippen LogP contribution in [0.5, 0.6) is 0 Å². The molecule has 0 bridgehead atoms. The Hall–Kier alpha value is -1.38. The van der Waals surface area contributed by atoms with E-state index in [1.165, 1.54) is 24.4 Å². The van der Waals surface area contributed by atoms with Crippen molar-refractivity contribution in [2.75, 3.05) is 26.7 Å². The Labute approximate surface area is 117 Å². The number of nitrogens with zero attached hydrogens (tertiary/aromatic N) is 1. The molecule has 0 spiro atoms. The molecule has 0 aliphatic carbocycles. The van der Waals surface area contributed by atoms with Gasteiger partial charge in [-0.1, -0.05) is 0 Å². The number of nitrogens with two attached hydrogens (primary N) is 1. The van der Waals surface area contributed by atoms with Crippen molar-refractivity contribution in [1.29, 1.82) is 0 Å². The number of esters is 1. The molecule has 0 radical (unpaired) electrons. The Morgan fingerprint density at radius 2 is 2.30 bits per heavy atom. The molecule has 2 heterocycles. The van der Waals surface area contributed by atoms with Crippen molar-refractivity contribution >= 4 is 16.0 Å². The van der Waals surface area contributed by atoms with Crippen LogP contribution in [0.25, 0.3) is 0 Å². The highest BCUT2D eigenvalue weighted by atomic mass is 32.2. The first-order valence-electron chi connectivity index (χ1n) is 6.29. The number of carbonyl (C=O) groups excluding carboxylic acids is 1. The van der Waals surface area contributed by atoms with Crippen LogP contribution in [-0.4, -0.2) is 45.4 Å². The molecule has 2 N–H and O–H groups in total. The van der Waals surface area contributed by atoms with Gasteiger partial charge in [0.15, 0.2) is 0 Å². The van der Waals surface area contributed by atoms with Crippen LogP contribution < -0.4 is 5.73 Å². The minimum absolute atomic E-state index is 0.00979. The Kier molecular flexibility index (Phi) is 4.17. The second kappa shape index (κ2) is 5.55. The van der Waals surface area contributed by atoms with Crippen molar-refractivity contribution in [3.05, 3.63) is 17.6 Å². The summed E-state index contributed by atoms with van der Waals surface area (Å²) in [5.74, 6) is -0.451. The van der Waals surface area contributed by atoms with E-state index in [9.17, 15) is 13.2 Å². The molecule has 0 amide bonds. The molecule has 112 valence electrons. The molecule has 1 saturated heterocycles. The van der Waals surface area contributed by atoms with E-state index in [2.05, 4.69) is 4.74 Å². The summed E-state index contributed by atoms with van der Waals surface area (Å²) in [6.45, 7) is 2.80. The molecule has 1 aliphatic heterocycles. The SMILES string of the molecule is COC(=O)c1cc(S(=O)(=O)N2CCC(CN)C2)c(C)o1. The molecule has 1 aliphatic rings. The third kappa shape index (κ3) is 2.58. The maximum Gasteiger partial charge on any atom is 0.373 e. The Morgan fingerprint density at radius 1 is 1.60 bits per heavy atom. The molecule has 1 aromatic heterocycles. The minimum atomic E-state index is -3.66.